The normalized spacial score (nSPS) is 20.3. The summed E-state index contributed by atoms with van der Waals surface area (Å²) in [5.74, 6) is -5.23. The summed E-state index contributed by atoms with van der Waals surface area (Å²) in [6.07, 6.45) is -7.01. The van der Waals surface area contributed by atoms with E-state index in [1.165, 1.54) is 26.0 Å². The number of hydrogen-bond acceptors (Lipinski definition) is 15. The van der Waals surface area contributed by atoms with E-state index in [4.69, 9.17) is 25.1 Å². The van der Waals surface area contributed by atoms with Crippen molar-refractivity contribution in [3.63, 3.8) is 0 Å². The number of aliphatic hydroxyl groups excluding tert-OH is 2. The number of esters is 1. The number of aliphatic carboxylic acids is 1. The number of non-ortho nitro benzene ring substituents is 1. The van der Waals surface area contributed by atoms with Gasteiger partial charge in [0.05, 0.1) is 10.3 Å². The summed E-state index contributed by atoms with van der Waals surface area (Å²) < 4.78 is 16.5. The lowest BCUT2D eigenvalue weighted by Crippen LogP contribution is -2.66. The summed E-state index contributed by atoms with van der Waals surface area (Å²) in [6.45, 7) is 3.50. The average molecular weight is 844 g/mol. The number of pyridine rings is 1. The summed E-state index contributed by atoms with van der Waals surface area (Å²) >= 11 is 0. The van der Waals surface area contributed by atoms with E-state index < -0.39 is 102 Å². The Morgan fingerprint density at radius 1 is 1.00 bits per heavy atom. The number of hydrogen-bond donors (Lipinski definition) is 9. The fraction of sp³-hybridized carbons (Fsp3) is 0.500. The minimum absolute atomic E-state index is 0.0331. The van der Waals surface area contributed by atoms with Crippen molar-refractivity contribution in [3.05, 3.63) is 56.7 Å². The summed E-state index contributed by atoms with van der Waals surface area (Å²) in [5.41, 5.74) is 5.62. The van der Waals surface area contributed by atoms with Gasteiger partial charge in [0.2, 0.25) is 23.6 Å². The maximum atomic E-state index is 13.3. The van der Waals surface area contributed by atoms with E-state index in [0.717, 1.165) is 6.92 Å². The first kappa shape index (κ1) is 46.5. The van der Waals surface area contributed by atoms with Gasteiger partial charge in [-0.1, -0.05) is 18.6 Å². The number of benzene rings is 2. The number of aromatic amines is 1. The van der Waals surface area contributed by atoms with Crippen LogP contribution in [0.15, 0.2) is 41.2 Å². The Morgan fingerprint density at radius 2 is 1.72 bits per heavy atom. The van der Waals surface area contributed by atoms with Gasteiger partial charge in [-0.05, 0) is 51.3 Å². The third-order valence-corrected chi connectivity index (χ3v) is 9.67. The van der Waals surface area contributed by atoms with Crippen molar-refractivity contribution in [3.8, 4) is 0 Å². The van der Waals surface area contributed by atoms with Crippen LogP contribution in [-0.4, -0.2) is 123 Å². The molecular formula is C38H49N7O15. The van der Waals surface area contributed by atoms with Crippen LogP contribution in [0.5, 0.6) is 0 Å². The number of anilines is 1. The van der Waals surface area contributed by atoms with Crippen LogP contribution < -0.4 is 32.4 Å². The number of carboxylic acids is 1. The van der Waals surface area contributed by atoms with E-state index in [9.17, 15) is 53.9 Å². The summed E-state index contributed by atoms with van der Waals surface area (Å²) in [6, 6.07) is 5.52. The largest absolute Gasteiger partial charge is 0.481 e. The highest BCUT2D eigenvalue weighted by Crippen LogP contribution is 2.30. The first-order valence-corrected chi connectivity index (χ1v) is 19.1. The van der Waals surface area contributed by atoms with Crippen LogP contribution in [-0.2, 0) is 43.0 Å². The number of nitrogens with zero attached hydrogens (tertiary/aromatic N) is 1. The number of aromatic nitrogens is 1. The number of aliphatic hydroxyl groups is 2. The molecule has 1 unspecified atom stereocenters. The molecule has 0 saturated carbocycles. The maximum absolute atomic E-state index is 13.3. The van der Waals surface area contributed by atoms with Gasteiger partial charge in [0.15, 0.2) is 11.7 Å². The molecule has 22 heteroatoms. The number of ether oxygens (including phenoxy) is 3. The van der Waals surface area contributed by atoms with Crippen LogP contribution >= 0.6 is 0 Å². The zero-order chi connectivity index (χ0) is 44.3. The highest BCUT2D eigenvalue weighted by molar-refractivity contribution is 6.03. The van der Waals surface area contributed by atoms with E-state index in [0.29, 0.717) is 42.4 Å². The number of carboxylic acid groups (broad SMARTS) is 1. The average Bonchev–Trinajstić information content (AvgIpc) is 3.19. The first-order chi connectivity index (χ1) is 28.4. The Kier molecular flexibility index (Phi) is 16.4. The lowest BCUT2D eigenvalue weighted by atomic mass is 9.96. The summed E-state index contributed by atoms with van der Waals surface area (Å²) in [7, 11) is 0. The molecule has 1 aliphatic heterocycles. The molecule has 1 fully saturated rings. The predicted molar refractivity (Wildman–Crippen MR) is 211 cm³/mol. The standard InChI is InChI=1S/C38H49N7O15/c1-18(36(53)44-24(35(39)52)13-15-27(47)48)41-37(54)19(2)59-34-31(42-20(3)46)38(55)60-26(33(34)51)17-58-28(49)11-5-4-8-16-40-23-12-14-25(45(56)57)30-29(23)32(50)21-9-6-7-10-22(21)43-30/h6-7,9-10,12,14,18-19,24,26,31,33-34,38,40,51,55H,4-5,8,11,13,15-17H2,1-3H3,(H2,39,52)(H,41,54)(H,42,46)(H,43,50)(H,44,53)(H,47,48)/t18-,19?,24+,26+,31+,33+,34+,38+/m0/s1. The number of nitro groups is 1. The van der Waals surface area contributed by atoms with Gasteiger partial charge in [-0.25, -0.2) is 0 Å². The second kappa shape index (κ2) is 21.2. The van der Waals surface area contributed by atoms with Crippen LogP contribution in [0.2, 0.25) is 0 Å². The molecule has 2 heterocycles. The van der Waals surface area contributed by atoms with Crippen LogP contribution in [0.3, 0.4) is 0 Å². The number of unbranched alkanes of at least 4 members (excludes halogenated alkanes) is 2. The third-order valence-electron chi connectivity index (χ3n) is 9.67. The predicted octanol–water partition coefficient (Wildman–Crippen LogP) is -0.199. The van der Waals surface area contributed by atoms with Gasteiger partial charge in [0, 0.05) is 49.0 Å². The van der Waals surface area contributed by atoms with E-state index >= 15 is 0 Å². The minimum atomic E-state index is -1.78. The molecule has 60 heavy (non-hydrogen) atoms. The number of carbonyl (C=O) groups is 6. The van der Waals surface area contributed by atoms with Crippen molar-refractivity contribution in [2.75, 3.05) is 18.5 Å². The molecule has 4 rings (SSSR count). The van der Waals surface area contributed by atoms with E-state index in [1.807, 2.05) is 0 Å². The molecule has 1 saturated heterocycles. The number of carbonyl (C=O) groups excluding carboxylic acids is 5. The van der Waals surface area contributed by atoms with Gasteiger partial charge >= 0.3 is 11.9 Å². The number of H-pyrrole nitrogens is 1. The Bertz CT molecular complexity index is 2150. The third kappa shape index (κ3) is 12.2. The number of amides is 4. The molecule has 326 valence electrons. The van der Waals surface area contributed by atoms with Crippen LogP contribution in [0.4, 0.5) is 11.4 Å². The van der Waals surface area contributed by atoms with Crippen molar-refractivity contribution in [2.24, 2.45) is 5.73 Å². The van der Waals surface area contributed by atoms with Crippen LogP contribution in [0, 0.1) is 10.1 Å². The highest BCUT2D eigenvalue weighted by Gasteiger charge is 2.47. The molecule has 8 atom stereocenters. The second-order valence-corrected chi connectivity index (χ2v) is 14.2. The Labute approximate surface area is 341 Å². The zero-order valence-electron chi connectivity index (χ0n) is 33.0. The van der Waals surface area contributed by atoms with Crippen LogP contribution in [0.25, 0.3) is 21.8 Å². The van der Waals surface area contributed by atoms with Gasteiger partial charge in [-0.15, -0.1) is 0 Å². The van der Waals surface area contributed by atoms with Crippen LogP contribution in [0.1, 0.15) is 59.3 Å². The molecule has 0 spiro atoms. The van der Waals surface area contributed by atoms with Crippen molar-refractivity contribution < 1.29 is 63.2 Å². The molecular weight excluding hydrogens is 794 g/mol. The Morgan fingerprint density at radius 3 is 2.38 bits per heavy atom. The number of para-hydroxylation sites is 1. The highest BCUT2D eigenvalue weighted by atomic mass is 16.6. The molecule has 0 bridgehead atoms. The molecule has 1 aromatic heterocycles. The molecule has 0 radical (unpaired) electrons. The van der Waals surface area contributed by atoms with Gasteiger partial charge in [0.1, 0.15) is 54.7 Å². The Balaban J connectivity index is 1.27. The second-order valence-electron chi connectivity index (χ2n) is 14.2. The molecule has 22 nitrogen and oxygen atoms in total. The smallest absolute Gasteiger partial charge is 0.305 e. The lowest BCUT2D eigenvalue weighted by molar-refractivity contribution is -0.383. The number of nitro benzene ring substituents is 1. The van der Waals surface area contributed by atoms with Crippen molar-refractivity contribution >= 4 is 68.7 Å². The quantitative estimate of drug-likeness (QED) is 0.0220. The minimum Gasteiger partial charge on any atom is -0.481 e. The van der Waals surface area contributed by atoms with Gasteiger partial charge < -0.3 is 61.5 Å². The topological polar surface area (TPSA) is 341 Å². The zero-order valence-corrected chi connectivity index (χ0v) is 33.0. The molecule has 3 aromatic rings. The number of fused-ring (bicyclic) bond motifs is 2. The molecule has 10 N–H and O–H groups in total. The Hall–Kier alpha value is -6.23. The molecule has 0 aliphatic carbocycles. The molecule has 2 aromatic carbocycles. The fourth-order valence-corrected chi connectivity index (χ4v) is 6.52. The lowest BCUT2D eigenvalue weighted by Gasteiger charge is -2.43. The molecule has 4 amide bonds. The number of rotatable bonds is 21. The van der Waals surface area contributed by atoms with E-state index in [1.54, 1.807) is 24.3 Å². The van der Waals surface area contributed by atoms with Crippen molar-refractivity contribution in [2.45, 2.75) is 108 Å². The van der Waals surface area contributed by atoms with Crippen molar-refractivity contribution in [1.29, 1.82) is 0 Å². The first-order valence-electron chi connectivity index (χ1n) is 19.1. The van der Waals surface area contributed by atoms with Gasteiger partial charge in [-0.2, -0.15) is 0 Å². The number of nitrogens with two attached hydrogens (primary N) is 1. The monoisotopic (exact) mass is 843 g/mol. The SMILES string of the molecule is CC(=O)N[C@@H]1[C@@H](OC(C)C(=O)N[C@@H](C)C(=O)N[C@H](CCC(=O)O)C(N)=O)[C@H](O)[C@@H](COC(=O)CCCCCNc2ccc([N+](=O)[O-])c3[nH]c4ccccc4c(=O)c23)O[C@H]1O. The molecule has 1 aliphatic rings. The van der Waals surface area contributed by atoms with Crippen molar-refractivity contribution in [1.82, 2.24) is 20.9 Å². The fourth-order valence-electron chi connectivity index (χ4n) is 6.52. The van der Waals surface area contributed by atoms with Gasteiger partial charge in [0.25, 0.3) is 5.69 Å². The van der Waals surface area contributed by atoms with E-state index in [2.05, 4.69) is 26.3 Å². The number of primary amides is 1. The summed E-state index contributed by atoms with van der Waals surface area (Å²) in [4.78, 5) is 100. The summed E-state index contributed by atoms with van der Waals surface area (Å²) in [5, 5.41) is 53.2. The number of nitrogens with one attached hydrogen (secondary N) is 5. The maximum Gasteiger partial charge on any atom is 0.305 e. The van der Waals surface area contributed by atoms with E-state index in [-0.39, 0.29) is 34.9 Å². The van der Waals surface area contributed by atoms with Gasteiger partial charge in [-0.3, -0.25) is 43.7 Å².